The predicted molar refractivity (Wildman–Crippen MR) is 90.7 cm³/mol. The molecule has 0 aromatic carbocycles. The van der Waals surface area contributed by atoms with Crippen LogP contribution in [-0.2, 0) is 16.1 Å². The van der Waals surface area contributed by atoms with Gasteiger partial charge in [-0.25, -0.2) is 4.68 Å². The first-order chi connectivity index (χ1) is 12.6. The number of hydrogen-bond donors (Lipinski definition) is 1. The Morgan fingerprint density at radius 3 is 2.85 bits per heavy atom. The van der Waals surface area contributed by atoms with Crippen molar-refractivity contribution in [3.63, 3.8) is 0 Å². The summed E-state index contributed by atoms with van der Waals surface area (Å²) in [6, 6.07) is 0.0171. The van der Waals surface area contributed by atoms with Crippen molar-refractivity contribution in [2.45, 2.75) is 57.7 Å². The Bertz CT molecular complexity index is 678. The van der Waals surface area contributed by atoms with E-state index in [4.69, 9.17) is 0 Å². The van der Waals surface area contributed by atoms with Crippen molar-refractivity contribution in [3.05, 3.63) is 5.82 Å². The lowest BCUT2D eigenvalue weighted by Crippen LogP contribution is -2.66. The summed E-state index contributed by atoms with van der Waals surface area (Å²) in [5.74, 6) is 1.45. The van der Waals surface area contributed by atoms with E-state index in [1.54, 1.807) is 4.68 Å². The first-order valence-corrected chi connectivity index (χ1v) is 9.51. The van der Waals surface area contributed by atoms with Crippen molar-refractivity contribution in [3.8, 4) is 0 Å². The number of carbonyl (C=O) groups is 2. The molecule has 0 saturated carbocycles. The van der Waals surface area contributed by atoms with Crippen LogP contribution in [0.2, 0.25) is 0 Å². The Labute approximate surface area is 152 Å². The predicted octanol–water partition coefficient (Wildman–Crippen LogP) is -0.408. The third-order valence-corrected chi connectivity index (χ3v) is 6.28. The van der Waals surface area contributed by atoms with Crippen molar-refractivity contribution in [2.24, 2.45) is 11.8 Å². The highest BCUT2D eigenvalue weighted by molar-refractivity contribution is 5.78. The molecule has 3 aliphatic rings. The summed E-state index contributed by atoms with van der Waals surface area (Å²) in [4.78, 5) is 29.1. The summed E-state index contributed by atoms with van der Waals surface area (Å²) >= 11 is 0. The maximum atomic E-state index is 12.8. The van der Waals surface area contributed by atoms with Crippen molar-refractivity contribution in [1.29, 1.82) is 0 Å². The second-order valence-corrected chi connectivity index (χ2v) is 7.76. The number of aryl methyl sites for hydroxylation is 2. The number of amides is 2. The van der Waals surface area contributed by atoms with Gasteiger partial charge >= 0.3 is 0 Å². The van der Waals surface area contributed by atoms with Crippen molar-refractivity contribution in [1.82, 2.24) is 30.0 Å². The van der Waals surface area contributed by atoms with E-state index in [0.29, 0.717) is 44.2 Å². The monoisotopic (exact) mass is 362 g/mol. The third kappa shape index (κ3) is 2.98. The fourth-order valence-corrected chi connectivity index (χ4v) is 5.03. The van der Waals surface area contributed by atoms with E-state index in [1.165, 1.54) is 0 Å². The zero-order valence-corrected chi connectivity index (χ0v) is 15.1. The number of tetrazole rings is 1. The smallest absolute Gasteiger partial charge is 0.224 e. The van der Waals surface area contributed by atoms with Gasteiger partial charge in [-0.3, -0.25) is 9.59 Å². The maximum Gasteiger partial charge on any atom is 0.224 e. The first kappa shape index (κ1) is 17.4. The first-order valence-electron chi connectivity index (χ1n) is 9.51. The van der Waals surface area contributed by atoms with E-state index in [2.05, 4.69) is 15.5 Å². The van der Waals surface area contributed by atoms with Gasteiger partial charge in [0.05, 0.1) is 19.2 Å². The van der Waals surface area contributed by atoms with Crippen LogP contribution < -0.4 is 0 Å². The number of rotatable bonds is 4. The average molecular weight is 362 g/mol. The summed E-state index contributed by atoms with van der Waals surface area (Å²) in [6.45, 7) is 3.59. The van der Waals surface area contributed by atoms with Gasteiger partial charge in [0.1, 0.15) is 5.82 Å². The minimum absolute atomic E-state index is 0.0223. The minimum Gasteiger partial charge on any atom is -0.394 e. The van der Waals surface area contributed by atoms with Gasteiger partial charge in [0.15, 0.2) is 0 Å². The number of fused-ring (bicyclic) bond motifs is 4. The largest absolute Gasteiger partial charge is 0.394 e. The molecule has 9 nitrogen and oxygen atoms in total. The van der Waals surface area contributed by atoms with E-state index in [1.807, 2.05) is 16.7 Å². The Hall–Kier alpha value is -2.03. The van der Waals surface area contributed by atoms with Gasteiger partial charge in [-0.1, -0.05) is 0 Å². The molecule has 1 aromatic heterocycles. The lowest BCUT2D eigenvalue weighted by atomic mass is 9.72. The van der Waals surface area contributed by atoms with Crippen molar-refractivity contribution < 1.29 is 14.7 Å². The van der Waals surface area contributed by atoms with Gasteiger partial charge in [0, 0.05) is 32.0 Å². The van der Waals surface area contributed by atoms with Crippen LogP contribution in [0.1, 0.15) is 37.9 Å². The molecule has 0 spiro atoms. The van der Waals surface area contributed by atoms with Crippen LogP contribution in [0.15, 0.2) is 0 Å². The topological polar surface area (TPSA) is 104 Å². The highest BCUT2D eigenvalue weighted by atomic mass is 16.3. The second kappa shape index (κ2) is 6.94. The second-order valence-electron chi connectivity index (χ2n) is 7.76. The Morgan fingerprint density at radius 1 is 1.31 bits per heavy atom. The van der Waals surface area contributed by atoms with Crippen molar-refractivity contribution >= 4 is 11.8 Å². The normalized spacial score (nSPS) is 31.1. The van der Waals surface area contributed by atoms with Crippen LogP contribution in [-0.4, -0.2) is 78.7 Å². The average Bonchev–Trinajstić information content (AvgIpc) is 3.05. The van der Waals surface area contributed by atoms with Gasteiger partial charge in [-0.05, 0) is 48.4 Å². The molecule has 9 heteroatoms. The van der Waals surface area contributed by atoms with Gasteiger partial charge in [-0.15, -0.1) is 5.10 Å². The van der Waals surface area contributed by atoms with Crippen molar-refractivity contribution in [2.75, 3.05) is 19.7 Å². The molecule has 1 aromatic rings. The molecule has 0 radical (unpaired) electrons. The summed E-state index contributed by atoms with van der Waals surface area (Å²) in [6.07, 6.45) is 3.83. The standard InChI is InChI=1S/C17H26N6O3/c1-11-18-19-20-22(11)6-5-16(25)21-8-12-7-13(9-21)15(10-24)23-14(12)3-2-4-17(23)26/h12-15,24H,2-10H2,1H3/t12-,13+,14+,15+/m1/s1. The Kier molecular flexibility index (Phi) is 4.64. The van der Waals surface area contributed by atoms with E-state index in [-0.39, 0.29) is 36.4 Å². The molecular weight excluding hydrogens is 336 g/mol. The molecule has 4 atom stereocenters. The lowest BCUT2D eigenvalue weighted by molar-refractivity contribution is -0.158. The fraction of sp³-hybridized carbons (Fsp3) is 0.824. The summed E-state index contributed by atoms with van der Waals surface area (Å²) < 4.78 is 1.64. The third-order valence-electron chi connectivity index (χ3n) is 6.28. The van der Waals surface area contributed by atoms with Gasteiger partial charge < -0.3 is 14.9 Å². The molecule has 2 amide bonds. The van der Waals surface area contributed by atoms with E-state index < -0.39 is 0 Å². The van der Waals surface area contributed by atoms with Crippen LogP contribution in [0.3, 0.4) is 0 Å². The number of hydrogen-bond acceptors (Lipinski definition) is 6. The molecule has 4 heterocycles. The molecule has 26 heavy (non-hydrogen) atoms. The molecule has 142 valence electrons. The minimum atomic E-state index is -0.151. The van der Waals surface area contributed by atoms with E-state index in [9.17, 15) is 14.7 Å². The van der Waals surface area contributed by atoms with Crippen LogP contribution >= 0.6 is 0 Å². The Balaban J connectivity index is 1.45. The maximum absolute atomic E-state index is 12.8. The van der Waals surface area contributed by atoms with Crippen LogP contribution in [0.5, 0.6) is 0 Å². The zero-order valence-electron chi connectivity index (χ0n) is 15.1. The number of piperidine rings is 3. The summed E-state index contributed by atoms with van der Waals surface area (Å²) in [5, 5.41) is 21.2. The fourth-order valence-electron chi connectivity index (χ4n) is 5.03. The van der Waals surface area contributed by atoms with E-state index in [0.717, 1.165) is 19.3 Å². The van der Waals surface area contributed by atoms with Gasteiger partial charge in [-0.2, -0.15) is 0 Å². The van der Waals surface area contributed by atoms with Gasteiger partial charge in [0.25, 0.3) is 0 Å². The van der Waals surface area contributed by atoms with Crippen LogP contribution in [0, 0.1) is 18.8 Å². The number of likely N-dealkylation sites (tertiary alicyclic amines) is 1. The highest BCUT2D eigenvalue weighted by Gasteiger charge is 2.49. The molecule has 4 rings (SSSR count). The number of aromatic nitrogens is 4. The summed E-state index contributed by atoms with van der Waals surface area (Å²) in [7, 11) is 0. The number of nitrogens with zero attached hydrogens (tertiary/aromatic N) is 6. The molecule has 3 saturated heterocycles. The zero-order chi connectivity index (χ0) is 18.3. The molecule has 0 unspecified atom stereocenters. The van der Waals surface area contributed by atoms with Crippen LogP contribution in [0.25, 0.3) is 0 Å². The number of aliphatic hydroxyl groups excluding tert-OH is 1. The quantitative estimate of drug-likeness (QED) is 0.781. The number of aliphatic hydroxyl groups is 1. The van der Waals surface area contributed by atoms with Crippen LogP contribution in [0.4, 0.5) is 0 Å². The molecule has 1 N–H and O–H groups in total. The number of carbonyl (C=O) groups excluding carboxylic acids is 2. The van der Waals surface area contributed by atoms with E-state index >= 15 is 0 Å². The van der Waals surface area contributed by atoms with Gasteiger partial charge in [0.2, 0.25) is 11.8 Å². The molecule has 3 fully saturated rings. The lowest BCUT2D eigenvalue weighted by Gasteiger charge is -2.56. The summed E-state index contributed by atoms with van der Waals surface area (Å²) in [5.41, 5.74) is 0. The Morgan fingerprint density at radius 2 is 2.12 bits per heavy atom. The molecular formula is C17H26N6O3. The molecule has 3 aliphatic heterocycles. The molecule has 0 aliphatic carbocycles. The SMILES string of the molecule is Cc1nnnn1CCC(=O)N1C[C@H]2C[C@@H](C1)[C@H](CO)N1C(=O)CCC[C@@H]21. The molecule has 2 bridgehead atoms. The highest BCUT2D eigenvalue weighted by Crippen LogP contribution is 2.41.